The monoisotopic (exact) mass is 522 g/mol. The minimum atomic E-state index is -4.04. The molecular formula is C23H30N4O6S2. The fourth-order valence-corrected chi connectivity index (χ4v) is 4.03. The third-order valence-electron chi connectivity index (χ3n) is 4.66. The van der Waals surface area contributed by atoms with Crippen LogP contribution in [0.25, 0.3) is 0 Å². The average Bonchev–Trinajstić information content (AvgIpc) is 2.81. The molecule has 10 nitrogen and oxygen atoms in total. The van der Waals surface area contributed by atoms with Crippen molar-refractivity contribution in [2.45, 2.75) is 38.0 Å². The van der Waals surface area contributed by atoms with Crippen LogP contribution in [-0.4, -0.2) is 50.5 Å². The lowest BCUT2D eigenvalue weighted by Crippen LogP contribution is -2.35. The Labute approximate surface area is 211 Å². The number of benzene rings is 2. The summed E-state index contributed by atoms with van der Waals surface area (Å²) in [6, 6.07) is 10.8. The number of nitrogens with zero attached hydrogens (tertiary/aromatic N) is 1. The van der Waals surface area contributed by atoms with Gasteiger partial charge in [-0.3, -0.25) is 4.31 Å². The maximum atomic E-state index is 12.3. The lowest BCUT2D eigenvalue weighted by molar-refractivity contribution is 0.0498. The largest absolute Gasteiger partial charge is 0.462 e. The van der Waals surface area contributed by atoms with Crippen molar-refractivity contribution in [3.63, 3.8) is 0 Å². The smallest absolute Gasteiger partial charge is 0.338 e. The Morgan fingerprint density at radius 1 is 1.06 bits per heavy atom. The molecule has 0 bridgehead atoms. The van der Waals surface area contributed by atoms with Crippen molar-refractivity contribution in [3.05, 3.63) is 59.7 Å². The van der Waals surface area contributed by atoms with Gasteiger partial charge in [-0.05, 0) is 56.5 Å². The summed E-state index contributed by atoms with van der Waals surface area (Å²) in [5.74, 6) is -0.588. The Morgan fingerprint density at radius 3 is 2.46 bits per heavy atom. The molecule has 0 aliphatic heterocycles. The molecule has 0 saturated carbocycles. The van der Waals surface area contributed by atoms with Crippen LogP contribution in [0.2, 0.25) is 0 Å². The van der Waals surface area contributed by atoms with Gasteiger partial charge in [0.1, 0.15) is 0 Å². The van der Waals surface area contributed by atoms with Crippen molar-refractivity contribution in [2.24, 2.45) is 0 Å². The van der Waals surface area contributed by atoms with E-state index in [-0.39, 0.29) is 28.8 Å². The number of esters is 1. The number of rotatable bonds is 11. The van der Waals surface area contributed by atoms with Crippen molar-refractivity contribution >= 4 is 46.6 Å². The molecule has 2 rings (SSSR count). The molecule has 3 N–H and O–H groups in total. The Balaban J connectivity index is 1.79. The van der Waals surface area contributed by atoms with Crippen LogP contribution in [-0.2, 0) is 14.8 Å². The van der Waals surface area contributed by atoms with E-state index in [0.717, 1.165) is 12.0 Å². The molecule has 4 amide bonds. The summed E-state index contributed by atoms with van der Waals surface area (Å²) < 4.78 is 33.1. The second-order valence-electron chi connectivity index (χ2n) is 7.65. The van der Waals surface area contributed by atoms with E-state index in [1.165, 1.54) is 40.7 Å². The Morgan fingerprint density at radius 2 is 1.77 bits per heavy atom. The number of hydrogen-bond acceptors (Lipinski definition) is 7. The Hall–Kier alpha value is -3.25. The van der Waals surface area contributed by atoms with Crippen LogP contribution >= 0.6 is 12.8 Å². The highest BCUT2D eigenvalue weighted by Crippen LogP contribution is 2.14. The molecule has 0 heterocycles. The maximum absolute atomic E-state index is 12.3. The highest BCUT2D eigenvalue weighted by molar-refractivity contribution is 7.90. The first-order chi connectivity index (χ1) is 16.6. The van der Waals surface area contributed by atoms with Crippen LogP contribution < -0.4 is 15.4 Å². The van der Waals surface area contributed by atoms with Crippen molar-refractivity contribution in [1.82, 2.24) is 14.3 Å². The normalized spacial score (nSPS) is 10.8. The SMILES string of the molecule is CCCN(S)C(=O)NCCCCOC(=O)c1cccc(NC(=O)NS(=O)(=O)c2ccc(C)cc2)c1. The molecule has 0 fully saturated rings. The van der Waals surface area contributed by atoms with E-state index >= 15 is 0 Å². The summed E-state index contributed by atoms with van der Waals surface area (Å²) in [6.07, 6.45) is 1.97. The molecule has 12 heteroatoms. The van der Waals surface area contributed by atoms with Crippen LogP contribution in [0.5, 0.6) is 0 Å². The number of sulfonamides is 1. The number of thiol groups is 1. The van der Waals surface area contributed by atoms with Gasteiger partial charge in [-0.15, -0.1) is 0 Å². The van der Waals surface area contributed by atoms with Gasteiger partial charge in [0.05, 0.1) is 17.1 Å². The minimum absolute atomic E-state index is 0.0425. The highest BCUT2D eigenvalue weighted by atomic mass is 32.2. The first-order valence-electron chi connectivity index (χ1n) is 11.0. The van der Waals surface area contributed by atoms with Gasteiger partial charge in [-0.2, -0.15) is 0 Å². The molecule has 2 aromatic carbocycles. The predicted molar refractivity (Wildman–Crippen MR) is 136 cm³/mol. The van der Waals surface area contributed by atoms with Crippen molar-refractivity contribution in [2.75, 3.05) is 25.0 Å². The summed E-state index contributed by atoms with van der Waals surface area (Å²) in [6.45, 7) is 4.89. The van der Waals surface area contributed by atoms with Crippen molar-refractivity contribution in [1.29, 1.82) is 0 Å². The summed E-state index contributed by atoms with van der Waals surface area (Å²) in [7, 11) is -4.04. The molecule has 0 unspecified atom stereocenters. The van der Waals surface area contributed by atoms with E-state index in [4.69, 9.17) is 4.74 Å². The lowest BCUT2D eigenvalue weighted by Gasteiger charge is -2.15. The highest BCUT2D eigenvalue weighted by Gasteiger charge is 2.18. The molecule has 0 aromatic heterocycles. The quantitative estimate of drug-likeness (QED) is 0.202. The first kappa shape index (κ1) is 28.0. The third kappa shape index (κ3) is 9.49. The molecule has 0 radical (unpaired) electrons. The maximum Gasteiger partial charge on any atom is 0.338 e. The number of anilines is 1. The van der Waals surface area contributed by atoms with E-state index in [0.29, 0.717) is 25.9 Å². The molecule has 0 saturated heterocycles. The average molecular weight is 523 g/mol. The molecule has 0 aliphatic rings. The molecule has 0 atom stereocenters. The van der Waals surface area contributed by atoms with E-state index in [9.17, 15) is 22.8 Å². The Kier molecular flexibility index (Phi) is 10.9. The molecule has 0 aliphatic carbocycles. The van der Waals surface area contributed by atoms with Crippen molar-refractivity contribution in [3.8, 4) is 0 Å². The van der Waals surface area contributed by atoms with Gasteiger partial charge in [0.15, 0.2) is 0 Å². The predicted octanol–water partition coefficient (Wildman–Crippen LogP) is 3.71. The van der Waals surface area contributed by atoms with Gasteiger partial charge >= 0.3 is 18.0 Å². The summed E-state index contributed by atoms with van der Waals surface area (Å²) in [4.78, 5) is 36.2. The molecule has 190 valence electrons. The first-order valence-corrected chi connectivity index (χ1v) is 12.9. The number of nitrogens with one attached hydrogen (secondary N) is 3. The zero-order valence-electron chi connectivity index (χ0n) is 19.6. The van der Waals surface area contributed by atoms with E-state index in [2.05, 4.69) is 23.4 Å². The van der Waals surface area contributed by atoms with Crippen LogP contribution in [0, 0.1) is 6.92 Å². The number of amides is 4. The lowest BCUT2D eigenvalue weighted by atomic mass is 10.2. The van der Waals surface area contributed by atoms with E-state index < -0.39 is 22.0 Å². The van der Waals surface area contributed by atoms with Gasteiger partial charge in [0.25, 0.3) is 10.0 Å². The summed E-state index contributed by atoms with van der Waals surface area (Å²) in [5.41, 5.74) is 1.31. The number of unbranched alkanes of at least 4 members (excludes halogenated alkanes) is 1. The standard InChI is InChI=1S/C23H30N4O6S2/c1-3-14-27(34)23(30)24-13-4-5-15-33-21(28)18-7-6-8-19(16-18)25-22(29)26-35(31,32)20-11-9-17(2)10-12-20/h6-12,16,34H,3-5,13-15H2,1-2H3,(H,24,30)(H2,25,26,29). The second kappa shape index (κ2) is 13.6. The van der Waals surface area contributed by atoms with E-state index in [1.54, 1.807) is 12.1 Å². The zero-order chi connectivity index (χ0) is 25.8. The van der Waals surface area contributed by atoms with Gasteiger partial charge in [0, 0.05) is 18.8 Å². The molecule has 2 aromatic rings. The molecule has 35 heavy (non-hydrogen) atoms. The fourth-order valence-electron chi connectivity index (χ4n) is 2.85. The van der Waals surface area contributed by atoms with Crippen molar-refractivity contribution < 1.29 is 27.5 Å². The van der Waals surface area contributed by atoms with Crippen LogP contribution in [0.3, 0.4) is 0 Å². The fraction of sp³-hybridized carbons (Fsp3) is 0.348. The summed E-state index contributed by atoms with van der Waals surface area (Å²) in [5, 5.41) is 5.12. The molecular weight excluding hydrogens is 492 g/mol. The topological polar surface area (TPSA) is 134 Å². The number of aryl methyl sites for hydroxylation is 1. The van der Waals surface area contributed by atoms with Gasteiger partial charge < -0.3 is 15.4 Å². The zero-order valence-corrected chi connectivity index (χ0v) is 21.3. The van der Waals surface area contributed by atoms with E-state index in [1.807, 2.05) is 18.6 Å². The second-order valence-corrected chi connectivity index (χ2v) is 9.82. The minimum Gasteiger partial charge on any atom is -0.462 e. The Bertz CT molecular complexity index is 1120. The molecule has 0 spiro atoms. The van der Waals surface area contributed by atoms with Crippen LogP contribution in [0.4, 0.5) is 15.3 Å². The number of carbonyl (C=O) groups excluding carboxylic acids is 3. The third-order valence-corrected chi connectivity index (χ3v) is 6.39. The van der Waals surface area contributed by atoms with Gasteiger partial charge in [0.2, 0.25) is 0 Å². The number of ether oxygens (including phenoxy) is 1. The number of hydrogen-bond donors (Lipinski definition) is 4. The van der Waals surface area contributed by atoms with Crippen LogP contribution in [0.15, 0.2) is 53.4 Å². The van der Waals surface area contributed by atoms with Gasteiger partial charge in [-0.1, -0.05) is 43.5 Å². The van der Waals surface area contributed by atoms with Crippen LogP contribution in [0.1, 0.15) is 42.1 Å². The summed E-state index contributed by atoms with van der Waals surface area (Å²) >= 11 is 4.08. The number of urea groups is 2. The van der Waals surface area contributed by atoms with Gasteiger partial charge in [-0.25, -0.2) is 27.5 Å². The number of carbonyl (C=O) groups is 3.